The summed E-state index contributed by atoms with van der Waals surface area (Å²) in [6.45, 7) is 1.67. The average molecular weight is 170 g/mol. The van der Waals surface area contributed by atoms with Crippen LogP contribution in [0.4, 0.5) is 0 Å². The Hall–Kier alpha value is 0.270. The Kier molecular flexibility index (Phi) is 3.20. The molecule has 0 spiro atoms. The third kappa shape index (κ3) is 1.65. The molecule has 0 bridgehead atoms. The van der Waals surface area contributed by atoms with E-state index in [1.165, 1.54) is 28.4 Å². The molecular weight excluding hydrogens is 155 g/mol. The van der Waals surface area contributed by atoms with Crippen molar-refractivity contribution >= 4 is 7.51 Å². The van der Waals surface area contributed by atoms with E-state index in [9.17, 15) is 0 Å². The second kappa shape index (κ2) is 3.11. The van der Waals surface area contributed by atoms with Crippen LogP contribution in [0.5, 0.6) is 0 Å². The first kappa shape index (κ1) is 10.3. The summed E-state index contributed by atoms with van der Waals surface area (Å²) in [7, 11) is 2.82. The van der Waals surface area contributed by atoms with Crippen LogP contribution in [0, 0.1) is 0 Å². The van der Waals surface area contributed by atoms with Gasteiger partial charge in [-0.15, -0.1) is 0 Å². The summed E-state index contributed by atoms with van der Waals surface area (Å²) in [4.78, 5) is 0. The molecule has 0 saturated carbocycles. The van der Waals surface area contributed by atoms with E-state index in [1.807, 2.05) is 0 Å². The molecule has 5 heteroatoms. The van der Waals surface area contributed by atoms with Crippen molar-refractivity contribution in [3.63, 3.8) is 0 Å². The summed E-state index contributed by atoms with van der Waals surface area (Å²) in [5.74, 6) is 0. The van der Waals surface area contributed by atoms with Crippen molar-refractivity contribution in [2.45, 2.75) is 0 Å². The van der Waals surface area contributed by atoms with Crippen LogP contribution in [-0.4, -0.2) is 35.1 Å². The molecule has 0 atom stereocenters. The van der Waals surface area contributed by atoms with Crippen LogP contribution in [0.25, 0.3) is 0 Å². The van der Waals surface area contributed by atoms with Crippen molar-refractivity contribution in [2.75, 3.05) is 35.1 Å². The molecule has 0 aromatic rings. The second-order valence-electron chi connectivity index (χ2n) is 1.91. The third-order valence-electron chi connectivity index (χ3n) is 1.62. The Balaban J connectivity index is 4.42. The molecule has 0 heterocycles. The summed E-state index contributed by atoms with van der Waals surface area (Å²) in [6, 6.07) is 0. The monoisotopic (exact) mass is 170 g/mol. The van der Waals surface area contributed by atoms with Crippen LogP contribution in [-0.2, 0) is 18.1 Å². The van der Waals surface area contributed by atoms with Gasteiger partial charge in [0.2, 0.25) is 0 Å². The molecule has 0 aliphatic carbocycles. The van der Waals surface area contributed by atoms with Gasteiger partial charge in [-0.05, 0) is 0 Å². The van der Waals surface area contributed by atoms with Gasteiger partial charge in [0.1, 0.15) is 0 Å². The van der Waals surface area contributed by atoms with E-state index < -0.39 is 7.51 Å². The van der Waals surface area contributed by atoms with Gasteiger partial charge in [-0.2, -0.15) is 0 Å². The minimum absolute atomic E-state index is 1.49. The number of rotatable bonds is 4. The molecule has 0 aromatic carbocycles. The van der Waals surface area contributed by atoms with Gasteiger partial charge in [-0.3, -0.25) is 0 Å². The van der Waals surface area contributed by atoms with Gasteiger partial charge in [0.25, 0.3) is 0 Å². The van der Waals surface area contributed by atoms with Gasteiger partial charge >= 0.3 is 60.7 Å². The van der Waals surface area contributed by atoms with E-state index in [0.717, 1.165) is 0 Å². The molecule has 0 aliphatic heterocycles. The molecule has 0 amide bonds. The van der Waals surface area contributed by atoms with Crippen LogP contribution in [0.1, 0.15) is 0 Å². The third-order valence-corrected chi connectivity index (χ3v) is 4.87. The summed E-state index contributed by atoms with van der Waals surface area (Å²) >= 11 is 0. The topological polar surface area (TPSA) is 36.9 Å². The fourth-order valence-corrected chi connectivity index (χ4v) is 1.34. The zero-order valence-corrected chi connectivity index (χ0v) is 7.97. The van der Waals surface area contributed by atoms with Gasteiger partial charge in [-0.25, -0.2) is 0 Å². The summed E-state index contributed by atoms with van der Waals surface area (Å²) in [6.07, 6.45) is 0. The van der Waals surface area contributed by atoms with Crippen LogP contribution >= 0.6 is 7.51 Å². The molecule has 0 saturated heterocycles. The number of hydrogen-bond acceptors (Lipinski definition) is 4. The van der Waals surface area contributed by atoms with Crippen molar-refractivity contribution in [1.29, 1.82) is 0 Å². The quantitative estimate of drug-likeness (QED) is 0.598. The van der Waals surface area contributed by atoms with Gasteiger partial charge in [0.15, 0.2) is 0 Å². The van der Waals surface area contributed by atoms with Crippen molar-refractivity contribution in [2.24, 2.45) is 0 Å². The molecule has 10 heavy (non-hydrogen) atoms. The molecule has 0 rings (SSSR count). The van der Waals surface area contributed by atoms with E-state index >= 15 is 0 Å². The Bertz CT molecular complexity index is 88.7. The first-order valence-electron chi connectivity index (χ1n) is 2.81. The van der Waals surface area contributed by atoms with E-state index in [4.69, 9.17) is 18.1 Å². The van der Waals surface area contributed by atoms with Crippen molar-refractivity contribution < 1.29 is 18.1 Å². The molecule has 0 N–H and O–H groups in total. The van der Waals surface area contributed by atoms with Crippen molar-refractivity contribution in [3.05, 3.63) is 0 Å². The van der Waals surface area contributed by atoms with Gasteiger partial charge < -0.3 is 0 Å². The zero-order chi connectivity index (χ0) is 8.28. The molecule has 0 unspecified atom stereocenters. The second-order valence-corrected chi connectivity index (χ2v) is 5.72. The van der Waals surface area contributed by atoms with Crippen LogP contribution in [0.3, 0.4) is 0 Å². The first-order chi connectivity index (χ1) is 4.54. The Morgan fingerprint density at radius 2 is 0.900 bits per heavy atom. The maximum absolute atomic E-state index is 5.04. The van der Waals surface area contributed by atoms with Gasteiger partial charge in [-0.1, -0.05) is 0 Å². The molecule has 0 radical (unpaired) electrons. The predicted octanol–water partition coefficient (Wildman–Crippen LogP) is 1.42. The van der Waals surface area contributed by atoms with Crippen LogP contribution < -0.4 is 0 Å². The van der Waals surface area contributed by atoms with E-state index in [-0.39, 0.29) is 0 Å². The average Bonchev–Trinajstić information content (AvgIpc) is 2.04. The molecule has 64 valence electrons. The molecule has 0 aromatic heterocycles. The summed E-state index contributed by atoms with van der Waals surface area (Å²) in [5, 5.41) is 0. The van der Waals surface area contributed by atoms with Crippen LogP contribution in [0.2, 0.25) is 0 Å². The fourth-order valence-electron chi connectivity index (χ4n) is 0.447. The SMILES string of the molecule is COP(C)(OC)(OC)OC. The standard InChI is InChI=1S/C5H15O4P/c1-6-10(5,7-2,8-3)9-4/h1-5H3. The van der Waals surface area contributed by atoms with E-state index in [0.29, 0.717) is 0 Å². The molecule has 0 fully saturated rings. The predicted molar refractivity (Wildman–Crippen MR) is 40.9 cm³/mol. The van der Waals surface area contributed by atoms with Crippen molar-refractivity contribution in [3.8, 4) is 0 Å². The van der Waals surface area contributed by atoms with Gasteiger partial charge in [0, 0.05) is 0 Å². The molecular formula is C5H15O4P. The Labute approximate surface area is 61.7 Å². The summed E-state index contributed by atoms with van der Waals surface area (Å²) < 4.78 is 20.1. The minimum atomic E-state index is -3.15. The van der Waals surface area contributed by atoms with E-state index in [2.05, 4.69) is 0 Å². The van der Waals surface area contributed by atoms with Gasteiger partial charge in [0.05, 0.1) is 0 Å². The van der Waals surface area contributed by atoms with Crippen LogP contribution in [0.15, 0.2) is 0 Å². The summed E-state index contributed by atoms with van der Waals surface area (Å²) in [5.41, 5.74) is 0. The Morgan fingerprint density at radius 3 is 0.900 bits per heavy atom. The zero-order valence-electron chi connectivity index (χ0n) is 7.08. The van der Waals surface area contributed by atoms with Crippen molar-refractivity contribution in [1.82, 2.24) is 0 Å². The maximum atomic E-state index is 5.04. The normalized spacial score (nSPS) is 16.3. The number of hydrogen-bond donors (Lipinski definition) is 0. The Morgan fingerprint density at radius 1 is 0.700 bits per heavy atom. The molecule has 0 aliphatic rings. The first-order valence-corrected chi connectivity index (χ1v) is 5.17. The molecule has 4 nitrogen and oxygen atoms in total. The van der Waals surface area contributed by atoms with E-state index in [1.54, 1.807) is 6.66 Å². The fraction of sp³-hybridized carbons (Fsp3) is 1.00.